The average molecular weight is 430 g/mol. The van der Waals surface area contributed by atoms with E-state index in [4.69, 9.17) is 16.6 Å². The quantitative estimate of drug-likeness (QED) is 0.495. The number of nitrogens with zero attached hydrogens (tertiary/aromatic N) is 4. The minimum absolute atomic E-state index is 0.0159. The first-order valence-electron chi connectivity index (χ1n) is 10.3. The third-order valence-corrected chi connectivity index (χ3v) is 5.98. The van der Waals surface area contributed by atoms with Crippen molar-refractivity contribution in [3.05, 3.63) is 83.5 Å². The summed E-state index contributed by atoms with van der Waals surface area (Å²) in [6.07, 6.45) is 7.80. The van der Waals surface area contributed by atoms with E-state index in [-0.39, 0.29) is 17.0 Å². The van der Waals surface area contributed by atoms with E-state index in [1.807, 2.05) is 48.5 Å². The Labute approximate surface area is 184 Å². The van der Waals surface area contributed by atoms with Crippen molar-refractivity contribution < 1.29 is 4.79 Å². The summed E-state index contributed by atoms with van der Waals surface area (Å²) < 4.78 is 0. The highest BCUT2D eigenvalue weighted by atomic mass is 35.5. The molecule has 31 heavy (non-hydrogen) atoms. The van der Waals surface area contributed by atoms with Crippen molar-refractivity contribution in [1.29, 1.82) is 0 Å². The van der Waals surface area contributed by atoms with E-state index in [1.54, 1.807) is 12.4 Å². The average Bonchev–Trinajstić information content (AvgIpc) is 2.77. The lowest BCUT2D eigenvalue weighted by molar-refractivity contribution is -0.127. The van der Waals surface area contributed by atoms with Crippen molar-refractivity contribution in [1.82, 2.24) is 25.3 Å². The van der Waals surface area contributed by atoms with E-state index in [9.17, 15) is 4.79 Å². The summed E-state index contributed by atoms with van der Waals surface area (Å²) >= 11 is 6.35. The lowest BCUT2D eigenvalue weighted by Crippen LogP contribution is -2.37. The van der Waals surface area contributed by atoms with E-state index in [1.165, 1.54) is 6.20 Å². The summed E-state index contributed by atoms with van der Waals surface area (Å²) in [5, 5.41) is 3.40. The van der Waals surface area contributed by atoms with Crippen LogP contribution in [-0.4, -0.2) is 25.8 Å². The monoisotopic (exact) mass is 429 g/mol. The summed E-state index contributed by atoms with van der Waals surface area (Å²) in [6.45, 7) is 0. The fourth-order valence-corrected chi connectivity index (χ4v) is 3.94. The Balaban J connectivity index is 1.56. The molecule has 1 aliphatic carbocycles. The topological polar surface area (TPSA) is 80.7 Å². The van der Waals surface area contributed by atoms with Gasteiger partial charge in [0.25, 0.3) is 0 Å². The molecule has 0 aliphatic heterocycles. The lowest BCUT2D eigenvalue weighted by Gasteiger charge is -2.27. The van der Waals surface area contributed by atoms with Crippen LogP contribution in [0.5, 0.6) is 0 Å². The van der Waals surface area contributed by atoms with Gasteiger partial charge in [-0.3, -0.25) is 14.8 Å². The second kappa shape index (κ2) is 8.40. The normalized spacial score (nSPS) is 14.7. The van der Waals surface area contributed by atoms with Gasteiger partial charge in [0, 0.05) is 23.9 Å². The molecule has 2 aromatic heterocycles. The van der Waals surface area contributed by atoms with Gasteiger partial charge in [-0.2, -0.15) is 0 Å². The van der Waals surface area contributed by atoms with E-state index >= 15 is 0 Å². The van der Waals surface area contributed by atoms with Crippen LogP contribution in [0.25, 0.3) is 22.3 Å². The predicted octanol–water partition coefficient (Wildman–Crippen LogP) is 4.75. The van der Waals surface area contributed by atoms with E-state index < -0.39 is 6.04 Å². The lowest BCUT2D eigenvalue weighted by atomic mass is 9.84. The zero-order valence-corrected chi connectivity index (χ0v) is 17.5. The summed E-state index contributed by atoms with van der Waals surface area (Å²) in [6, 6.07) is 15.2. The maximum absolute atomic E-state index is 12.8. The third-order valence-electron chi connectivity index (χ3n) is 5.68. The molecule has 154 valence electrons. The zero-order valence-electron chi connectivity index (χ0n) is 16.7. The van der Waals surface area contributed by atoms with Crippen LogP contribution in [0.1, 0.15) is 36.6 Å². The SMILES string of the molecule is O=C(NC(c1ccc2ncc(-c3ccccc3)nc2c1)c1nccnc1Cl)C1CCC1. The van der Waals surface area contributed by atoms with Gasteiger partial charge in [-0.1, -0.05) is 54.4 Å². The first kappa shape index (κ1) is 19.6. The van der Waals surface area contributed by atoms with Gasteiger partial charge >= 0.3 is 0 Å². The van der Waals surface area contributed by atoms with Crippen LogP contribution in [0.2, 0.25) is 5.15 Å². The second-order valence-electron chi connectivity index (χ2n) is 7.67. The molecule has 0 saturated heterocycles. The highest BCUT2D eigenvalue weighted by Gasteiger charge is 2.29. The molecule has 5 rings (SSSR count). The molecule has 2 heterocycles. The standard InChI is InChI=1S/C24H20ClN5O/c25-23-22(26-11-12-27-23)21(30-24(31)16-7-4-8-16)17-9-10-18-19(13-17)29-20(14-28-18)15-5-2-1-3-6-15/h1-3,5-6,9-14,16,21H,4,7-8H2,(H,30,31). The smallest absolute Gasteiger partial charge is 0.223 e. The maximum Gasteiger partial charge on any atom is 0.223 e. The molecule has 1 atom stereocenters. The van der Waals surface area contributed by atoms with E-state index in [0.29, 0.717) is 5.69 Å². The molecule has 1 N–H and O–H groups in total. The minimum Gasteiger partial charge on any atom is -0.343 e. The van der Waals surface area contributed by atoms with Gasteiger partial charge in [-0.05, 0) is 30.5 Å². The maximum atomic E-state index is 12.8. The number of fused-ring (bicyclic) bond motifs is 1. The summed E-state index contributed by atoms with van der Waals surface area (Å²) in [7, 11) is 0. The second-order valence-corrected chi connectivity index (χ2v) is 8.03. The number of carbonyl (C=O) groups excluding carboxylic acids is 1. The molecule has 2 aromatic carbocycles. The number of aromatic nitrogens is 4. The number of rotatable bonds is 5. The molecule has 4 aromatic rings. The number of benzene rings is 2. The molecule has 0 bridgehead atoms. The Morgan fingerprint density at radius 1 is 1.00 bits per heavy atom. The first-order chi connectivity index (χ1) is 15.2. The van der Waals surface area contributed by atoms with Crippen molar-refractivity contribution in [2.75, 3.05) is 0 Å². The predicted molar refractivity (Wildman–Crippen MR) is 119 cm³/mol. The van der Waals surface area contributed by atoms with Gasteiger partial charge in [0.05, 0.1) is 29.0 Å². The van der Waals surface area contributed by atoms with Crippen LogP contribution in [-0.2, 0) is 4.79 Å². The van der Waals surface area contributed by atoms with Crippen molar-refractivity contribution in [2.24, 2.45) is 5.92 Å². The van der Waals surface area contributed by atoms with Crippen LogP contribution in [0.3, 0.4) is 0 Å². The van der Waals surface area contributed by atoms with Crippen LogP contribution in [0.4, 0.5) is 0 Å². The van der Waals surface area contributed by atoms with Crippen LogP contribution < -0.4 is 5.32 Å². The molecule has 1 saturated carbocycles. The molecule has 1 aliphatic rings. The van der Waals surface area contributed by atoms with Crippen LogP contribution in [0, 0.1) is 5.92 Å². The number of amides is 1. The number of halogens is 1. The van der Waals surface area contributed by atoms with Crippen LogP contribution >= 0.6 is 11.6 Å². The molecular weight excluding hydrogens is 410 g/mol. The van der Waals surface area contributed by atoms with Gasteiger partial charge < -0.3 is 5.32 Å². The molecule has 1 unspecified atom stereocenters. The van der Waals surface area contributed by atoms with Crippen molar-refractivity contribution in [2.45, 2.75) is 25.3 Å². The molecule has 0 radical (unpaired) electrons. The molecule has 7 heteroatoms. The Bertz CT molecular complexity index is 1240. The number of hydrogen-bond donors (Lipinski definition) is 1. The fraction of sp³-hybridized carbons (Fsp3) is 0.208. The minimum atomic E-state index is -0.513. The van der Waals surface area contributed by atoms with Crippen LogP contribution in [0.15, 0.2) is 67.1 Å². The third kappa shape index (κ3) is 3.99. The largest absolute Gasteiger partial charge is 0.343 e. The summed E-state index contributed by atoms with van der Waals surface area (Å²) in [4.78, 5) is 30.7. The highest BCUT2D eigenvalue weighted by molar-refractivity contribution is 6.30. The Hall–Kier alpha value is -3.38. The Kier molecular flexibility index (Phi) is 5.30. The Morgan fingerprint density at radius 3 is 2.55 bits per heavy atom. The van der Waals surface area contributed by atoms with Gasteiger partial charge in [0.1, 0.15) is 5.69 Å². The van der Waals surface area contributed by atoms with Crippen molar-refractivity contribution in [3.63, 3.8) is 0 Å². The molecule has 1 fully saturated rings. The van der Waals surface area contributed by atoms with E-state index in [2.05, 4.69) is 20.3 Å². The number of nitrogens with one attached hydrogen (secondary N) is 1. The molecule has 0 spiro atoms. The molecular formula is C24H20ClN5O. The molecule has 6 nitrogen and oxygen atoms in total. The highest BCUT2D eigenvalue weighted by Crippen LogP contribution is 2.31. The van der Waals surface area contributed by atoms with Gasteiger partial charge in [0.2, 0.25) is 5.91 Å². The first-order valence-corrected chi connectivity index (χ1v) is 10.7. The van der Waals surface area contributed by atoms with E-state index in [0.717, 1.165) is 47.1 Å². The zero-order chi connectivity index (χ0) is 21.2. The summed E-state index contributed by atoms with van der Waals surface area (Å²) in [5.41, 5.74) is 4.65. The number of carbonyl (C=O) groups is 1. The van der Waals surface area contributed by atoms with Gasteiger partial charge in [-0.25, -0.2) is 9.97 Å². The number of hydrogen-bond acceptors (Lipinski definition) is 5. The molecule has 1 amide bonds. The van der Waals surface area contributed by atoms with Crippen molar-refractivity contribution in [3.8, 4) is 11.3 Å². The van der Waals surface area contributed by atoms with Gasteiger partial charge in [0.15, 0.2) is 5.15 Å². The van der Waals surface area contributed by atoms with Gasteiger partial charge in [-0.15, -0.1) is 0 Å². The van der Waals surface area contributed by atoms with Crippen molar-refractivity contribution >= 4 is 28.5 Å². The Morgan fingerprint density at radius 2 is 1.81 bits per heavy atom. The fourth-order valence-electron chi connectivity index (χ4n) is 3.72. The summed E-state index contributed by atoms with van der Waals surface area (Å²) in [5.74, 6) is 0.0602.